The van der Waals surface area contributed by atoms with E-state index in [4.69, 9.17) is 4.18 Å². The van der Waals surface area contributed by atoms with Gasteiger partial charge >= 0.3 is 0 Å². The minimum absolute atomic E-state index is 0.0150. The molecule has 0 amide bonds. The number of hydrogen-bond acceptors (Lipinski definition) is 9. The molecule has 0 fully saturated rings. The lowest BCUT2D eigenvalue weighted by molar-refractivity contribution is 0.398. The van der Waals surface area contributed by atoms with Crippen molar-refractivity contribution < 1.29 is 17.7 Å². The van der Waals surface area contributed by atoms with Crippen LogP contribution in [0.15, 0.2) is 98.1 Å². The van der Waals surface area contributed by atoms with Crippen LogP contribution in [-0.2, 0) is 14.3 Å². The lowest BCUT2D eigenvalue weighted by Crippen LogP contribution is -2.17. The SMILES string of the molecule is CCN(C)c1c(N=Nc2ccc(C=Cc3ccc(N=NC)cc3)cc2)c(S(=O)(=O)OC)cc2cccc(O)c12. The Bertz CT molecular complexity index is 1660. The zero-order valence-corrected chi connectivity index (χ0v) is 22.9. The van der Waals surface area contributed by atoms with Gasteiger partial charge in [0, 0.05) is 26.0 Å². The number of fused-ring (bicyclic) bond motifs is 1. The van der Waals surface area contributed by atoms with Crippen LogP contribution in [0.1, 0.15) is 18.1 Å². The van der Waals surface area contributed by atoms with Crippen LogP contribution in [0.3, 0.4) is 0 Å². The largest absolute Gasteiger partial charge is 0.507 e. The fraction of sp³-hybridized carbons (Fsp3) is 0.172. The molecule has 0 heterocycles. The molecule has 9 nitrogen and oxygen atoms in total. The predicted molar refractivity (Wildman–Crippen MR) is 155 cm³/mol. The maximum atomic E-state index is 12.9. The van der Waals surface area contributed by atoms with Crippen molar-refractivity contribution in [1.29, 1.82) is 0 Å². The van der Waals surface area contributed by atoms with E-state index in [1.807, 2.05) is 60.4 Å². The third-order valence-corrected chi connectivity index (χ3v) is 7.42. The molecule has 0 aromatic heterocycles. The van der Waals surface area contributed by atoms with Crippen LogP contribution < -0.4 is 4.90 Å². The highest BCUT2D eigenvalue weighted by atomic mass is 32.2. The van der Waals surface area contributed by atoms with Crippen molar-refractivity contribution >= 4 is 55.8 Å². The van der Waals surface area contributed by atoms with E-state index in [9.17, 15) is 13.5 Å². The van der Waals surface area contributed by atoms with Gasteiger partial charge in [0.1, 0.15) is 16.3 Å². The standard InChI is InChI=1S/C29H29N5O4S/c1-5-34(3)29-27-22(7-6-8-25(27)35)19-26(39(36,37)38-4)28(29)33-32-24-17-13-21(14-18-24)10-9-20-11-15-23(16-12-20)31-30-2/h6-19,35H,5H2,1-4H3. The Morgan fingerprint density at radius 2 is 1.49 bits per heavy atom. The highest BCUT2D eigenvalue weighted by Crippen LogP contribution is 2.45. The fourth-order valence-electron chi connectivity index (χ4n) is 4.01. The van der Waals surface area contributed by atoms with E-state index in [1.165, 1.54) is 6.07 Å². The fourth-order valence-corrected chi connectivity index (χ4v) is 4.83. The molecule has 4 aromatic carbocycles. The van der Waals surface area contributed by atoms with E-state index in [2.05, 4.69) is 20.5 Å². The zero-order chi connectivity index (χ0) is 28.0. The minimum Gasteiger partial charge on any atom is -0.507 e. The van der Waals surface area contributed by atoms with Crippen molar-refractivity contribution in [3.05, 3.63) is 83.9 Å². The number of phenolic OH excluding ortho intramolecular Hbond substituents is 1. The summed E-state index contributed by atoms with van der Waals surface area (Å²) in [6, 6.07) is 21.5. The summed E-state index contributed by atoms with van der Waals surface area (Å²) in [6.07, 6.45) is 3.96. The van der Waals surface area contributed by atoms with E-state index < -0.39 is 10.1 Å². The Balaban J connectivity index is 1.71. The first-order valence-corrected chi connectivity index (χ1v) is 13.6. The van der Waals surface area contributed by atoms with Crippen molar-refractivity contribution in [2.75, 3.05) is 32.6 Å². The first kappa shape index (κ1) is 27.6. The quantitative estimate of drug-likeness (QED) is 0.132. The number of anilines is 1. The Labute approximate surface area is 227 Å². The van der Waals surface area contributed by atoms with Crippen LogP contribution in [0.2, 0.25) is 0 Å². The smallest absolute Gasteiger partial charge is 0.299 e. The number of nitrogens with zero attached hydrogens (tertiary/aromatic N) is 5. The second-order valence-corrected chi connectivity index (χ2v) is 10.3. The molecule has 4 aromatic rings. The lowest BCUT2D eigenvalue weighted by atomic mass is 10.1. The molecular weight excluding hydrogens is 514 g/mol. The molecule has 200 valence electrons. The Kier molecular flexibility index (Phi) is 8.48. The van der Waals surface area contributed by atoms with E-state index in [1.54, 1.807) is 44.4 Å². The molecule has 0 spiro atoms. The topological polar surface area (TPSA) is 116 Å². The van der Waals surface area contributed by atoms with Crippen LogP contribution >= 0.6 is 0 Å². The van der Waals surface area contributed by atoms with Crippen LogP contribution in [-0.4, -0.2) is 41.3 Å². The third-order valence-electron chi connectivity index (χ3n) is 6.14. The second kappa shape index (κ2) is 12.0. The molecule has 0 atom stereocenters. The molecule has 0 aliphatic heterocycles. The zero-order valence-electron chi connectivity index (χ0n) is 22.1. The van der Waals surface area contributed by atoms with Gasteiger partial charge in [-0.2, -0.15) is 23.8 Å². The summed E-state index contributed by atoms with van der Waals surface area (Å²) in [4.78, 5) is 1.68. The Morgan fingerprint density at radius 3 is 2.03 bits per heavy atom. The normalized spacial score (nSPS) is 12.3. The van der Waals surface area contributed by atoms with Gasteiger partial charge in [0.25, 0.3) is 10.1 Å². The van der Waals surface area contributed by atoms with Gasteiger partial charge in [-0.3, -0.25) is 4.18 Å². The van der Waals surface area contributed by atoms with Crippen LogP contribution in [0.25, 0.3) is 22.9 Å². The molecule has 0 aliphatic carbocycles. The minimum atomic E-state index is -4.13. The van der Waals surface area contributed by atoms with E-state index in [0.29, 0.717) is 28.7 Å². The second-order valence-electron chi connectivity index (χ2n) is 8.60. The molecule has 0 unspecified atom stereocenters. The maximum Gasteiger partial charge on any atom is 0.299 e. The summed E-state index contributed by atoms with van der Waals surface area (Å²) in [5.41, 5.74) is 3.83. The lowest BCUT2D eigenvalue weighted by Gasteiger charge is -2.23. The number of phenols is 1. The number of aromatic hydroxyl groups is 1. The van der Waals surface area contributed by atoms with E-state index >= 15 is 0 Å². The summed E-state index contributed by atoms with van der Waals surface area (Å²) in [6.45, 7) is 2.45. The highest BCUT2D eigenvalue weighted by molar-refractivity contribution is 7.87. The van der Waals surface area contributed by atoms with Gasteiger partial charge in [0.2, 0.25) is 0 Å². The van der Waals surface area contributed by atoms with Crippen LogP contribution in [0.4, 0.5) is 22.7 Å². The van der Waals surface area contributed by atoms with Crippen molar-refractivity contribution in [2.45, 2.75) is 11.8 Å². The summed E-state index contributed by atoms with van der Waals surface area (Å²) in [5.74, 6) is 0.0150. The number of rotatable bonds is 9. The molecule has 1 N–H and O–H groups in total. The summed E-state index contributed by atoms with van der Waals surface area (Å²) >= 11 is 0. The average molecular weight is 544 g/mol. The monoisotopic (exact) mass is 543 g/mol. The van der Waals surface area contributed by atoms with Gasteiger partial charge in [-0.1, -0.05) is 48.6 Å². The molecule has 0 radical (unpaired) electrons. The molecular formula is C29H29N5O4S. The molecule has 0 bridgehead atoms. The molecule has 4 rings (SSSR count). The number of benzene rings is 4. The van der Waals surface area contributed by atoms with Gasteiger partial charge in [-0.25, -0.2) is 0 Å². The summed E-state index contributed by atoms with van der Waals surface area (Å²) < 4.78 is 30.6. The first-order chi connectivity index (χ1) is 18.8. The van der Waals surface area contributed by atoms with Crippen LogP contribution in [0.5, 0.6) is 5.75 Å². The van der Waals surface area contributed by atoms with E-state index in [0.717, 1.165) is 23.9 Å². The molecule has 0 saturated carbocycles. The van der Waals surface area contributed by atoms with Crippen molar-refractivity contribution in [3.63, 3.8) is 0 Å². The predicted octanol–water partition coefficient (Wildman–Crippen LogP) is 7.64. The van der Waals surface area contributed by atoms with Crippen molar-refractivity contribution in [1.82, 2.24) is 0 Å². The van der Waals surface area contributed by atoms with Crippen LogP contribution in [0, 0.1) is 0 Å². The van der Waals surface area contributed by atoms with Gasteiger partial charge in [-0.15, -0.1) is 5.11 Å². The average Bonchev–Trinajstić information content (AvgIpc) is 2.95. The highest BCUT2D eigenvalue weighted by Gasteiger charge is 2.26. The Morgan fingerprint density at radius 1 is 0.897 bits per heavy atom. The molecule has 0 saturated heterocycles. The summed E-state index contributed by atoms with van der Waals surface area (Å²) in [5, 5.41) is 28.2. The Hall–Kier alpha value is -4.41. The maximum absolute atomic E-state index is 12.9. The van der Waals surface area contributed by atoms with Gasteiger partial charge < -0.3 is 10.0 Å². The number of azo groups is 2. The molecule has 39 heavy (non-hydrogen) atoms. The third kappa shape index (κ3) is 6.19. The molecule has 0 aliphatic rings. The summed E-state index contributed by atoms with van der Waals surface area (Å²) in [7, 11) is 0.399. The van der Waals surface area contributed by atoms with Crippen molar-refractivity contribution in [3.8, 4) is 5.75 Å². The van der Waals surface area contributed by atoms with Gasteiger partial charge in [0.15, 0.2) is 0 Å². The van der Waals surface area contributed by atoms with Gasteiger partial charge in [0.05, 0.1) is 24.2 Å². The number of hydrogen-bond donors (Lipinski definition) is 1. The van der Waals surface area contributed by atoms with Crippen molar-refractivity contribution in [2.24, 2.45) is 20.5 Å². The first-order valence-electron chi connectivity index (χ1n) is 12.2. The van der Waals surface area contributed by atoms with E-state index in [-0.39, 0.29) is 16.3 Å². The molecule has 10 heteroatoms. The van der Waals surface area contributed by atoms with Gasteiger partial charge in [-0.05, 0) is 59.8 Å².